The van der Waals surface area contributed by atoms with Gasteiger partial charge in [0, 0.05) is 31.7 Å². The summed E-state index contributed by atoms with van der Waals surface area (Å²) in [6.45, 7) is 0. The molecule has 1 aromatic rings. The summed E-state index contributed by atoms with van der Waals surface area (Å²) in [5.74, 6) is 1.39. The molecule has 2 heterocycles. The minimum Gasteiger partial charge on any atom is -0.312 e. The lowest BCUT2D eigenvalue weighted by molar-refractivity contribution is -0.390. The van der Waals surface area contributed by atoms with Crippen molar-refractivity contribution in [3.63, 3.8) is 0 Å². The molecule has 6 aliphatic rings. The molecular weight excluding hydrogens is 396 g/mol. The Morgan fingerprint density at radius 2 is 1.69 bits per heavy atom. The Hall–Kier alpha value is -1.10. The van der Waals surface area contributed by atoms with Gasteiger partial charge in [0.1, 0.15) is 0 Å². The fraction of sp³-hybridized carbons (Fsp3) is 0.947. The van der Waals surface area contributed by atoms with Crippen molar-refractivity contribution >= 4 is 9.84 Å². The number of aromatic nitrogens is 4. The lowest BCUT2D eigenvalue weighted by atomic mass is 9.53. The summed E-state index contributed by atoms with van der Waals surface area (Å²) in [4.78, 5) is 12.0. The average Bonchev–Trinajstić information content (AvgIpc) is 3.27. The highest BCUT2D eigenvalue weighted by atomic mass is 32.2. The van der Waals surface area contributed by atoms with Crippen LogP contribution in [-0.2, 0) is 31.4 Å². The van der Waals surface area contributed by atoms with Crippen LogP contribution in [0.4, 0.5) is 0 Å². The van der Waals surface area contributed by atoms with Crippen LogP contribution in [0.1, 0.15) is 57.8 Å². The molecule has 5 saturated carbocycles. The molecule has 0 N–H and O–H groups in total. The van der Waals surface area contributed by atoms with Gasteiger partial charge >= 0.3 is 0 Å². The van der Waals surface area contributed by atoms with Gasteiger partial charge in [-0.3, -0.25) is 0 Å². The van der Waals surface area contributed by atoms with E-state index in [1.54, 1.807) is 7.05 Å². The van der Waals surface area contributed by atoms with E-state index in [0.717, 1.165) is 24.7 Å². The molecule has 4 bridgehead atoms. The van der Waals surface area contributed by atoms with Crippen LogP contribution in [0.2, 0.25) is 0 Å². The summed E-state index contributed by atoms with van der Waals surface area (Å²) < 4.78 is 33.2. The van der Waals surface area contributed by atoms with Crippen molar-refractivity contribution in [3.8, 4) is 0 Å². The Kier molecular flexibility index (Phi) is 3.99. The fourth-order valence-electron chi connectivity index (χ4n) is 6.95. The summed E-state index contributed by atoms with van der Waals surface area (Å²) in [6.07, 6.45) is 8.94. The van der Waals surface area contributed by atoms with Crippen LogP contribution < -0.4 is 0 Å². The SMILES string of the molecule is Cn1nnnc1S(=O)(=O)CC1CCC2(CC1)OOC1(O2)C2CC3CC(C2)CC1C3. The Morgan fingerprint density at radius 1 is 1.03 bits per heavy atom. The standard InChI is InChI=1S/C19H28N4O5S/c1-23-17(20-21-22-23)29(24,25)11-12-2-4-18(5-3-12)26-19(28-27-18)15-7-13-6-14(9-15)10-16(19)8-13/h12-16H,2-11H2,1H3. The molecule has 1 saturated heterocycles. The number of hydrogen-bond acceptors (Lipinski definition) is 8. The molecule has 0 atom stereocenters. The predicted octanol–water partition coefficient (Wildman–Crippen LogP) is 2.00. The van der Waals surface area contributed by atoms with Crippen LogP contribution in [0.5, 0.6) is 0 Å². The van der Waals surface area contributed by atoms with Crippen molar-refractivity contribution in [2.24, 2.45) is 36.6 Å². The Balaban J connectivity index is 1.13. The molecule has 10 heteroatoms. The number of ether oxygens (including phenoxy) is 1. The maximum Gasteiger partial charge on any atom is 0.267 e. The lowest BCUT2D eigenvalue weighted by Gasteiger charge is -2.57. The van der Waals surface area contributed by atoms with E-state index in [0.29, 0.717) is 24.7 Å². The first kappa shape index (κ1) is 18.7. The molecule has 6 fully saturated rings. The van der Waals surface area contributed by atoms with E-state index in [2.05, 4.69) is 15.5 Å². The summed E-state index contributed by atoms with van der Waals surface area (Å²) in [5.41, 5.74) is 0. The average molecular weight is 425 g/mol. The molecule has 5 aliphatic carbocycles. The van der Waals surface area contributed by atoms with Crippen molar-refractivity contribution in [2.45, 2.75) is 74.5 Å². The number of nitrogens with zero attached hydrogens (tertiary/aromatic N) is 4. The molecule has 1 aromatic heterocycles. The van der Waals surface area contributed by atoms with E-state index in [9.17, 15) is 8.42 Å². The third-order valence-corrected chi connectivity index (χ3v) is 9.94. The van der Waals surface area contributed by atoms with Gasteiger partial charge in [0.2, 0.25) is 21.4 Å². The van der Waals surface area contributed by atoms with Gasteiger partial charge in [-0.25, -0.2) is 13.1 Å². The minimum atomic E-state index is -3.51. The molecular formula is C19H28N4O5S. The van der Waals surface area contributed by atoms with Crippen LogP contribution >= 0.6 is 0 Å². The monoisotopic (exact) mass is 424 g/mol. The smallest absolute Gasteiger partial charge is 0.267 e. The van der Waals surface area contributed by atoms with Crippen molar-refractivity contribution in [1.29, 1.82) is 0 Å². The Morgan fingerprint density at radius 3 is 2.28 bits per heavy atom. The van der Waals surface area contributed by atoms with Gasteiger partial charge in [-0.05, 0) is 73.1 Å². The third-order valence-electron chi connectivity index (χ3n) is 8.13. The summed E-state index contributed by atoms with van der Waals surface area (Å²) in [6, 6.07) is 0. The zero-order chi connectivity index (χ0) is 19.9. The lowest BCUT2D eigenvalue weighted by Crippen LogP contribution is -2.59. The highest BCUT2D eigenvalue weighted by molar-refractivity contribution is 7.91. The van der Waals surface area contributed by atoms with E-state index in [1.807, 2.05) is 0 Å². The molecule has 0 unspecified atom stereocenters. The van der Waals surface area contributed by atoms with Gasteiger partial charge in [-0.1, -0.05) is 5.10 Å². The molecule has 2 spiro atoms. The molecule has 0 aromatic carbocycles. The summed E-state index contributed by atoms with van der Waals surface area (Å²) in [7, 11) is -1.96. The van der Waals surface area contributed by atoms with Crippen molar-refractivity contribution < 1.29 is 22.9 Å². The molecule has 9 nitrogen and oxygen atoms in total. The van der Waals surface area contributed by atoms with Crippen molar-refractivity contribution in [2.75, 3.05) is 5.75 Å². The van der Waals surface area contributed by atoms with Crippen LogP contribution in [0.15, 0.2) is 5.16 Å². The first-order valence-corrected chi connectivity index (χ1v) is 12.5. The van der Waals surface area contributed by atoms with Crippen molar-refractivity contribution in [1.82, 2.24) is 20.2 Å². The number of rotatable bonds is 3. The maximum absolute atomic E-state index is 12.7. The van der Waals surface area contributed by atoms with Crippen LogP contribution in [0.25, 0.3) is 0 Å². The molecule has 7 rings (SSSR count). The van der Waals surface area contributed by atoms with Gasteiger partial charge < -0.3 is 4.74 Å². The second-order valence-electron chi connectivity index (χ2n) is 10.0. The number of aryl methyl sites for hydroxylation is 1. The third kappa shape index (κ3) is 2.82. The second-order valence-corrected chi connectivity index (χ2v) is 11.9. The normalized spacial score (nSPS) is 46.2. The number of hydrogen-bond donors (Lipinski definition) is 0. The molecule has 29 heavy (non-hydrogen) atoms. The summed E-state index contributed by atoms with van der Waals surface area (Å²) in [5, 5.41) is 10.7. The van der Waals surface area contributed by atoms with Crippen LogP contribution in [0, 0.1) is 29.6 Å². The molecule has 0 radical (unpaired) electrons. The van der Waals surface area contributed by atoms with Crippen LogP contribution in [-0.4, -0.2) is 46.0 Å². The van der Waals surface area contributed by atoms with E-state index >= 15 is 0 Å². The summed E-state index contributed by atoms with van der Waals surface area (Å²) >= 11 is 0. The zero-order valence-corrected chi connectivity index (χ0v) is 17.5. The Labute approximate surface area is 170 Å². The van der Waals surface area contributed by atoms with Gasteiger partial charge in [-0.15, -0.1) is 0 Å². The largest absolute Gasteiger partial charge is 0.312 e. The highest BCUT2D eigenvalue weighted by Crippen LogP contribution is 2.63. The molecule has 0 amide bonds. The van der Waals surface area contributed by atoms with Gasteiger partial charge in [-0.2, -0.15) is 9.78 Å². The number of tetrazole rings is 1. The first-order valence-electron chi connectivity index (χ1n) is 10.9. The van der Waals surface area contributed by atoms with E-state index in [4.69, 9.17) is 14.5 Å². The topological polar surface area (TPSA) is 105 Å². The Bertz CT molecular complexity index is 879. The fourth-order valence-corrected chi connectivity index (χ4v) is 8.65. The van der Waals surface area contributed by atoms with E-state index in [1.165, 1.54) is 36.8 Å². The van der Waals surface area contributed by atoms with E-state index in [-0.39, 0.29) is 16.8 Å². The van der Waals surface area contributed by atoms with Crippen LogP contribution in [0.3, 0.4) is 0 Å². The number of sulfone groups is 1. The predicted molar refractivity (Wildman–Crippen MR) is 98.6 cm³/mol. The maximum atomic E-state index is 12.7. The van der Waals surface area contributed by atoms with Crippen molar-refractivity contribution in [3.05, 3.63) is 0 Å². The van der Waals surface area contributed by atoms with Gasteiger partial charge in [0.05, 0.1) is 5.75 Å². The van der Waals surface area contributed by atoms with E-state index < -0.39 is 21.4 Å². The molecule has 1 aliphatic heterocycles. The van der Waals surface area contributed by atoms with Gasteiger partial charge in [0.15, 0.2) is 0 Å². The molecule has 160 valence electrons. The quantitative estimate of drug-likeness (QED) is 0.679. The highest BCUT2D eigenvalue weighted by Gasteiger charge is 2.66. The first-order chi connectivity index (χ1) is 13.9. The minimum absolute atomic E-state index is 0.0459. The van der Waals surface area contributed by atoms with Gasteiger partial charge in [0.25, 0.3) is 5.16 Å². The second kappa shape index (κ2) is 6.21. The zero-order valence-electron chi connectivity index (χ0n) is 16.7.